The van der Waals surface area contributed by atoms with Crippen molar-refractivity contribution < 1.29 is 24.5 Å². The Hall–Kier alpha value is -1.66. The van der Waals surface area contributed by atoms with Gasteiger partial charge in [0.1, 0.15) is 0 Å². The lowest BCUT2D eigenvalue weighted by atomic mass is 10.0. The van der Waals surface area contributed by atoms with Gasteiger partial charge in [-0.1, -0.05) is 218 Å². The highest BCUT2D eigenvalue weighted by molar-refractivity contribution is 5.76. The number of rotatable bonds is 46. The first kappa shape index (κ1) is 55.3. The third-order valence-corrected chi connectivity index (χ3v) is 11.5. The number of aliphatic hydroxyl groups excluding tert-OH is 2. The summed E-state index contributed by atoms with van der Waals surface area (Å²) in [4.78, 5) is 24.3. The molecule has 0 fully saturated rings. The number of ether oxygens (including phenoxy) is 1. The Morgan fingerprint density at radius 1 is 0.491 bits per heavy atom. The molecule has 0 aromatic carbocycles. The van der Waals surface area contributed by atoms with E-state index >= 15 is 0 Å². The summed E-state index contributed by atoms with van der Waals surface area (Å²) in [7, 11) is 0. The van der Waals surface area contributed by atoms with Crippen molar-refractivity contribution in [3.05, 3.63) is 24.3 Å². The minimum Gasteiger partial charge on any atom is -0.466 e. The van der Waals surface area contributed by atoms with Crippen molar-refractivity contribution in [3.8, 4) is 0 Å². The van der Waals surface area contributed by atoms with Crippen LogP contribution in [0.1, 0.15) is 264 Å². The molecule has 3 N–H and O–H groups in total. The first-order chi connectivity index (χ1) is 28.0. The second-order valence-electron chi connectivity index (χ2n) is 17.2. The van der Waals surface area contributed by atoms with Crippen LogP contribution in [-0.4, -0.2) is 47.4 Å². The normalized spacial score (nSPS) is 12.8. The van der Waals surface area contributed by atoms with E-state index in [9.17, 15) is 19.8 Å². The molecule has 0 saturated carbocycles. The van der Waals surface area contributed by atoms with Gasteiger partial charge in [0.2, 0.25) is 5.91 Å². The Balaban J connectivity index is 3.47. The molecule has 6 heteroatoms. The number of nitrogens with one attached hydrogen (secondary N) is 1. The lowest BCUT2D eigenvalue weighted by Gasteiger charge is -2.22. The third kappa shape index (κ3) is 43.7. The maximum atomic E-state index is 12.4. The summed E-state index contributed by atoms with van der Waals surface area (Å²) in [5.41, 5.74) is 0. The van der Waals surface area contributed by atoms with Crippen LogP contribution in [0.2, 0.25) is 0 Å². The maximum absolute atomic E-state index is 12.4. The molecule has 0 aliphatic rings. The monoisotopic (exact) mass is 804 g/mol. The fourth-order valence-electron chi connectivity index (χ4n) is 7.63. The minimum atomic E-state index is -0.668. The van der Waals surface area contributed by atoms with Gasteiger partial charge in [0.15, 0.2) is 0 Å². The first-order valence-corrected chi connectivity index (χ1v) is 25.1. The number of carbonyl (C=O) groups excluding carboxylic acids is 2. The molecule has 57 heavy (non-hydrogen) atoms. The molecule has 6 nitrogen and oxygen atoms in total. The summed E-state index contributed by atoms with van der Waals surface area (Å²) >= 11 is 0. The number of aliphatic hydroxyl groups is 2. The smallest absolute Gasteiger partial charge is 0.305 e. The lowest BCUT2D eigenvalue weighted by Crippen LogP contribution is -2.45. The summed E-state index contributed by atoms with van der Waals surface area (Å²) < 4.78 is 5.42. The summed E-state index contributed by atoms with van der Waals surface area (Å²) in [6.07, 6.45) is 54.4. The SMILES string of the molecule is CCCCCCCCCCCCCC(=O)OCCCCC/C=C\C=C/CCCCCCCCCCCCC(=O)NC(CO)C(O)CCCCCCCCCCCC. The molecular formula is C51H97NO5. The van der Waals surface area contributed by atoms with E-state index < -0.39 is 12.1 Å². The summed E-state index contributed by atoms with van der Waals surface area (Å²) in [5.74, 6) is -0.0611. The minimum absolute atomic E-state index is 0.0142. The Morgan fingerprint density at radius 2 is 0.860 bits per heavy atom. The topological polar surface area (TPSA) is 95.9 Å². The maximum Gasteiger partial charge on any atom is 0.305 e. The van der Waals surface area contributed by atoms with Crippen molar-refractivity contribution >= 4 is 11.9 Å². The van der Waals surface area contributed by atoms with Crippen LogP contribution in [0, 0.1) is 0 Å². The predicted octanol–water partition coefficient (Wildman–Crippen LogP) is 14.7. The molecule has 0 aliphatic heterocycles. The van der Waals surface area contributed by atoms with Gasteiger partial charge in [-0.3, -0.25) is 9.59 Å². The molecule has 336 valence electrons. The van der Waals surface area contributed by atoms with E-state index in [0.29, 0.717) is 25.9 Å². The fourth-order valence-corrected chi connectivity index (χ4v) is 7.63. The van der Waals surface area contributed by atoms with Crippen LogP contribution in [-0.2, 0) is 14.3 Å². The number of unbranched alkanes of at least 4 members (excludes halogenated alkanes) is 32. The molecule has 1 amide bonds. The molecule has 0 aromatic rings. The van der Waals surface area contributed by atoms with Crippen molar-refractivity contribution in [2.75, 3.05) is 13.2 Å². The van der Waals surface area contributed by atoms with Gasteiger partial charge >= 0.3 is 5.97 Å². The Bertz CT molecular complexity index is 889. The highest BCUT2D eigenvalue weighted by atomic mass is 16.5. The van der Waals surface area contributed by atoms with Gasteiger partial charge in [-0.05, 0) is 57.8 Å². The van der Waals surface area contributed by atoms with Crippen LogP contribution in [0.5, 0.6) is 0 Å². The summed E-state index contributed by atoms with van der Waals surface area (Å²) in [6.45, 7) is 4.89. The number of hydrogen-bond donors (Lipinski definition) is 3. The highest BCUT2D eigenvalue weighted by Crippen LogP contribution is 2.16. The molecule has 0 radical (unpaired) electrons. The van der Waals surface area contributed by atoms with Crippen molar-refractivity contribution in [2.24, 2.45) is 0 Å². The van der Waals surface area contributed by atoms with Crippen LogP contribution in [0.25, 0.3) is 0 Å². The standard InChI is InChI=1S/C51H97NO5/c1-3-5-7-9-11-13-24-29-33-37-41-45-51(56)57-46-42-38-34-30-26-23-21-19-17-15-16-18-20-22-25-28-32-36-40-44-50(55)52-48(47-53)49(54)43-39-35-31-27-14-12-10-8-6-4-2/h19,21,23,26,48-49,53-54H,3-18,20,22,24-25,27-47H2,1-2H3,(H,52,55)/b21-19-,26-23-. The van der Waals surface area contributed by atoms with Gasteiger partial charge in [0.05, 0.1) is 25.4 Å². The van der Waals surface area contributed by atoms with E-state index in [2.05, 4.69) is 43.5 Å². The van der Waals surface area contributed by atoms with Crippen molar-refractivity contribution in [1.29, 1.82) is 0 Å². The largest absolute Gasteiger partial charge is 0.466 e. The zero-order valence-electron chi connectivity index (χ0n) is 38.1. The molecule has 0 saturated heterocycles. The van der Waals surface area contributed by atoms with E-state index in [0.717, 1.165) is 70.6 Å². The number of allylic oxidation sites excluding steroid dienone is 4. The van der Waals surface area contributed by atoms with E-state index in [-0.39, 0.29) is 18.5 Å². The molecule has 0 aliphatic carbocycles. The summed E-state index contributed by atoms with van der Waals surface area (Å²) in [5, 5.41) is 23.1. The predicted molar refractivity (Wildman–Crippen MR) is 246 cm³/mol. The second kappa shape index (κ2) is 47.0. The van der Waals surface area contributed by atoms with Crippen LogP contribution in [0.15, 0.2) is 24.3 Å². The fraction of sp³-hybridized carbons (Fsp3) is 0.882. The molecule has 0 rings (SSSR count). The number of amides is 1. The first-order valence-electron chi connectivity index (χ1n) is 25.1. The lowest BCUT2D eigenvalue weighted by molar-refractivity contribution is -0.143. The molecule has 0 bridgehead atoms. The Kier molecular flexibility index (Phi) is 45.7. The summed E-state index contributed by atoms with van der Waals surface area (Å²) in [6, 6.07) is -0.546. The van der Waals surface area contributed by atoms with E-state index in [1.54, 1.807) is 0 Å². The Morgan fingerprint density at radius 3 is 1.30 bits per heavy atom. The van der Waals surface area contributed by atoms with Gasteiger partial charge < -0.3 is 20.3 Å². The van der Waals surface area contributed by atoms with Gasteiger partial charge in [-0.2, -0.15) is 0 Å². The van der Waals surface area contributed by atoms with Crippen LogP contribution in [0.4, 0.5) is 0 Å². The van der Waals surface area contributed by atoms with E-state index in [1.165, 1.54) is 161 Å². The van der Waals surface area contributed by atoms with Crippen LogP contribution >= 0.6 is 0 Å². The zero-order chi connectivity index (χ0) is 41.5. The zero-order valence-corrected chi connectivity index (χ0v) is 38.1. The van der Waals surface area contributed by atoms with E-state index in [1.807, 2.05) is 0 Å². The number of carbonyl (C=O) groups is 2. The van der Waals surface area contributed by atoms with Crippen molar-refractivity contribution in [2.45, 2.75) is 276 Å². The van der Waals surface area contributed by atoms with Crippen molar-refractivity contribution in [3.63, 3.8) is 0 Å². The Labute approximate surface area is 354 Å². The molecular weight excluding hydrogens is 707 g/mol. The van der Waals surface area contributed by atoms with Crippen LogP contribution in [0.3, 0.4) is 0 Å². The molecule has 0 spiro atoms. The van der Waals surface area contributed by atoms with Gasteiger partial charge in [-0.15, -0.1) is 0 Å². The number of hydrogen-bond acceptors (Lipinski definition) is 5. The van der Waals surface area contributed by atoms with Gasteiger partial charge in [-0.25, -0.2) is 0 Å². The molecule has 0 heterocycles. The molecule has 2 unspecified atom stereocenters. The average molecular weight is 804 g/mol. The quantitative estimate of drug-likeness (QED) is 0.0324. The highest BCUT2D eigenvalue weighted by Gasteiger charge is 2.20. The van der Waals surface area contributed by atoms with Crippen LogP contribution < -0.4 is 5.32 Å². The number of esters is 1. The second-order valence-corrected chi connectivity index (χ2v) is 17.2. The third-order valence-electron chi connectivity index (χ3n) is 11.5. The molecule has 2 atom stereocenters. The molecule has 0 aromatic heterocycles. The van der Waals surface area contributed by atoms with Gasteiger partial charge in [0, 0.05) is 12.8 Å². The van der Waals surface area contributed by atoms with Gasteiger partial charge in [0.25, 0.3) is 0 Å². The van der Waals surface area contributed by atoms with Crippen molar-refractivity contribution in [1.82, 2.24) is 5.32 Å². The average Bonchev–Trinajstić information content (AvgIpc) is 3.21. The van der Waals surface area contributed by atoms with E-state index in [4.69, 9.17) is 4.74 Å².